The number of hydrogen-bond donors (Lipinski definition) is 1. The fraction of sp³-hybridized carbons (Fsp3) is 0.357. The molecule has 0 atom stereocenters. The number of carboxylic acid groups (broad SMARTS) is 1. The highest BCUT2D eigenvalue weighted by atomic mass is 16.4. The van der Waals surface area contributed by atoms with Crippen LogP contribution in [-0.4, -0.2) is 11.1 Å². The summed E-state index contributed by atoms with van der Waals surface area (Å²) in [5.41, 5.74) is 1.11. The highest BCUT2D eigenvalue weighted by Gasteiger charge is 2.40. The predicted octanol–water partition coefficient (Wildman–Crippen LogP) is 3.14. The summed E-state index contributed by atoms with van der Waals surface area (Å²) in [7, 11) is 0. The maximum Gasteiger partial charge on any atom is 0.331 e. The van der Waals surface area contributed by atoms with Crippen LogP contribution in [0.4, 0.5) is 0 Å². The van der Waals surface area contributed by atoms with Crippen LogP contribution in [0.1, 0.15) is 31.2 Å². The first kappa shape index (κ1) is 10.9. The first-order valence-electron chi connectivity index (χ1n) is 5.65. The number of rotatable bonds is 3. The molecule has 0 spiro atoms. The predicted molar refractivity (Wildman–Crippen MR) is 63.4 cm³/mol. The number of aliphatic carboxylic acids is 1. The van der Waals surface area contributed by atoms with Crippen LogP contribution in [0.3, 0.4) is 0 Å². The Morgan fingerprint density at radius 3 is 2.25 bits per heavy atom. The van der Waals surface area contributed by atoms with E-state index >= 15 is 0 Å². The number of benzene rings is 1. The Hall–Kier alpha value is -1.57. The van der Waals surface area contributed by atoms with E-state index in [0.717, 1.165) is 31.2 Å². The molecular formula is C14H16O2. The topological polar surface area (TPSA) is 37.3 Å². The van der Waals surface area contributed by atoms with Crippen LogP contribution in [0.2, 0.25) is 0 Å². The third-order valence-electron chi connectivity index (χ3n) is 3.62. The maximum absolute atomic E-state index is 11.2. The second-order valence-corrected chi connectivity index (χ2v) is 4.44. The van der Waals surface area contributed by atoms with Crippen LogP contribution in [0.15, 0.2) is 42.5 Å². The van der Waals surface area contributed by atoms with E-state index in [4.69, 9.17) is 5.11 Å². The standard InChI is InChI=1S/C14H16O2/c1-11(13(15)16)14(9-5-6-10-14)12-7-3-2-4-8-12/h2-4,7-8H,1,5-6,9-10H2,(H,15,16). The highest BCUT2D eigenvalue weighted by Crippen LogP contribution is 2.45. The fourth-order valence-electron chi connectivity index (χ4n) is 2.71. The molecule has 0 unspecified atom stereocenters. The third-order valence-corrected chi connectivity index (χ3v) is 3.62. The molecule has 1 saturated carbocycles. The van der Waals surface area contributed by atoms with Gasteiger partial charge in [-0.1, -0.05) is 49.8 Å². The van der Waals surface area contributed by atoms with Crippen molar-refractivity contribution < 1.29 is 9.90 Å². The molecule has 0 aliphatic heterocycles. The zero-order valence-electron chi connectivity index (χ0n) is 9.28. The van der Waals surface area contributed by atoms with Gasteiger partial charge in [0.15, 0.2) is 0 Å². The average molecular weight is 216 g/mol. The van der Waals surface area contributed by atoms with E-state index < -0.39 is 5.97 Å². The van der Waals surface area contributed by atoms with Gasteiger partial charge in [-0.2, -0.15) is 0 Å². The van der Waals surface area contributed by atoms with E-state index in [9.17, 15) is 4.79 Å². The van der Waals surface area contributed by atoms with Gasteiger partial charge in [0.2, 0.25) is 0 Å². The van der Waals surface area contributed by atoms with Gasteiger partial charge in [0, 0.05) is 11.0 Å². The molecule has 1 N–H and O–H groups in total. The van der Waals surface area contributed by atoms with Gasteiger partial charge < -0.3 is 5.11 Å². The maximum atomic E-state index is 11.2. The molecule has 1 aromatic carbocycles. The summed E-state index contributed by atoms with van der Waals surface area (Å²) in [5.74, 6) is -0.870. The fourth-order valence-corrected chi connectivity index (χ4v) is 2.71. The molecular weight excluding hydrogens is 200 g/mol. The lowest BCUT2D eigenvalue weighted by Crippen LogP contribution is -2.28. The lowest BCUT2D eigenvalue weighted by atomic mass is 9.73. The van der Waals surface area contributed by atoms with E-state index in [1.807, 2.05) is 30.3 Å². The Kier molecular flexibility index (Phi) is 2.82. The Morgan fingerprint density at radius 2 is 1.75 bits per heavy atom. The van der Waals surface area contributed by atoms with E-state index in [-0.39, 0.29) is 5.41 Å². The number of carboxylic acids is 1. The van der Waals surface area contributed by atoms with Crippen LogP contribution in [0, 0.1) is 0 Å². The molecule has 0 heterocycles. The molecule has 2 rings (SSSR count). The lowest BCUT2D eigenvalue weighted by molar-refractivity contribution is -0.133. The lowest BCUT2D eigenvalue weighted by Gasteiger charge is -2.29. The van der Waals surface area contributed by atoms with Crippen molar-refractivity contribution in [2.24, 2.45) is 0 Å². The van der Waals surface area contributed by atoms with Gasteiger partial charge >= 0.3 is 5.97 Å². The molecule has 0 amide bonds. The van der Waals surface area contributed by atoms with Gasteiger partial charge in [-0.05, 0) is 18.4 Å². The molecule has 16 heavy (non-hydrogen) atoms. The molecule has 1 fully saturated rings. The third kappa shape index (κ3) is 1.64. The van der Waals surface area contributed by atoms with Crippen LogP contribution >= 0.6 is 0 Å². The monoisotopic (exact) mass is 216 g/mol. The minimum Gasteiger partial charge on any atom is -0.478 e. The first-order valence-corrected chi connectivity index (χ1v) is 5.65. The van der Waals surface area contributed by atoms with Crippen molar-refractivity contribution in [2.75, 3.05) is 0 Å². The van der Waals surface area contributed by atoms with Crippen molar-refractivity contribution in [3.05, 3.63) is 48.0 Å². The molecule has 0 saturated heterocycles. The Labute approximate surface area is 95.6 Å². The molecule has 0 radical (unpaired) electrons. The summed E-state index contributed by atoms with van der Waals surface area (Å²) in [6.45, 7) is 3.79. The van der Waals surface area contributed by atoms with Crippen LogP contribution < -0.4 is 0 Å². The summed E-state index contributed by atoms with van der Waals surface area (Å²) in [6.07, 6.45) is 3.98. The number of hydrogen-bond acceptors (Lipinski definition) is 1. The van der Waals surface area contributed by atoms with Gasteiger partial charge in [0.05, 0.1) is 0 Å². The zero-order valence-corrected chi connectivity index (χ0v) is 9.28. The molecule has 84 valence electrons. The summed E-state index contributed by atoms with van der Waals surface area (Å²) in [6, 6.07) is 9.91. The van der Waals surface area contributed by atoms with Crippen molar-refractivity contribution in [3.8, 4) is 0 Å². The van der Waals surface area contributed by atoms with E-state index in [2.05, 4.69) is 6.58 Å². The summed E-state index contributed by atoms with van der Waals surface area (Å²) < 4.78 is 0. The molecule has 1 aliphatic rings. The average Bonchev–Trinajstić information content (AvgIpc) is 2.79. The second kappa shape index (κ2) is 4.12. The van der Waals surface area contributed by atoms with Crippen LogP contribution in [0.25, 0.3) is 0 Å². The quantitative estimate of drug-likeness (QED) is 0.788. The van der Waals surface area contributed by atoms with Gasteiger partial charge in [-0.3, -0.25) is 0 Å². The van der Waals surface area contributed by atoms with Crippen molar-refractivity contribution in [1.82, 2.24) is 0 Å². The second-order valence-electron chi connectivity index (χ2n) is 4.44. The number of carbonyl (C=O) groups is 1. The SMILES string of the molecule is C=C(C(=O)O)C1(c2ccccc2)CCCC1. The molecule has 1 aromatic rings. The minimum absolute atomic E-state index is 0.326. The molecule has 2 nitrogen and oxygen atoms in total. The van der Waals surface area contributed by atoms with E-state index in [0.29, 0.717) is 5.57 Å². The van der Waals surface area contributed by atoms with Gasteiger partial charge in [0.25, 0.3) is 0 Å². The Morgan fingerprint density at radius 1 is 1.19 bits per heavy atom. The summed E-state index contributed by atoms with van der Waals surface area (Å²) in [4.78, 5) is 11.2. The van der Waals surface area contributed by atoms with Crippen molar-refractivity contribution in [2.45, 2.75) is 31.1 Å². The minimum atomic E-state index is -0.870. The summed E-state index contributed by atoms with van der Waals surface area (Å²) in [5, 5.41) is 9.17. The summed E-state index contributed by atoms with van der Waals surface area (Å²) >= 11 is 0. The van der Waals surface area contributed by atoms with Gasteiger partial charge in [0.1, 0.15) is 0 Å². The molecule has 1 aliphatic carbocycles. The molecule has 0 bridgehead atoms. The molecule has 2 heteroatoms. The largest absolute Gasteiger partial charge is 0.478 e. The van der Waals surface area contributed by atoms with Gasteiger partial charge in [-0.25, -0.2) is 4.79 Å². The first-order chi connectivity index (χ1) is 7.67. The van der Waals surface area contributed by atoms with Crippen LogP contribution in [0.5, 0.6) is 0 Å². The zero-order chi connectivity index (χ0) is 11.6. The van der Waals surface area contributed by atoms with Crippen molar-refractivity contribution in [3.63, 3.8) is 0 Å². The van der Waals surface area contributed by atoms with Crippen molar-refractivity contribution in [1.29, 1.82) is 0 Å². The Balaban J connectivity index is 2.44. The van der Waals surface area contributed by atoms with E-state index in [1.54, 1.807) is 0 Å². The van der Waals surface area contributed by atoms with Gasteiger partial charge in [-0.15, -0.1) is 0 Å². The molecule has 0 aromatic heterocycles. The smallest absolute Gasteiger partial charge is 0.331 e. The highest BCUT2D eigenvalue weighted by molar-refractivity contribution is 5.89. The van der Waals surface area contributed by atoms with Crippen LogP contribution in [-0.2, 0) is 10.2 Å². The van der Waals surface area contributed by atoms with E-state index in [1.165, 1.54) is 0 Å². The normalized spacial score (nSPS) is 18.2. The van der Waals surface area contributed by atoms with Crippen molar-refractivity contribution >= 4 is 5.97 Å². The Bertz CT molecular complexity index is 400.